The van der Waals surface area contributed by atoms with Crippen LogP contribution < -0.4 is 15.7 Å². The van der Waals surface area contributed by atoms with Crippen LogP contribution in [-0.2, 0) is 14.2 Å². The minimum atomic E-state index is -1.49. The van der Waals surface area contributed by atoms with Gasteiger partial charge in [-0.05, 0) is 76.2 Å². The van der Waals surface area contributed by atoms with Crippen LogP contribution in [0.1, 0.15) is 46.0 Å². The molecule has 0 spiro atoms. The van der Waals surface area contributed by atoms with Crippen LogP contribution in [0.25, 0.3) is 11.0 Å². The zero-order valence-electron chi connectivity index (χ0n) is 24.5. The summed E-state index contributed by atoms with van der Waals surface area (Å²) in [4.78, 5) is 41.3. The molecule has 4 unspecified atom stereocenters. The zero-order valence-corrected chi connectivity index (χ0v) is 26.1. The lowest BCUT2D eigenvalue weighted by Gasteiger charge is -2.47. The van der Waals surface area contributed by atoms with Crippen molar-refractivity contribution in [1.82, 2.24) is 4.98 Å². The van der Waals surface area contributed by atoms with Crippen molar-refractivity contribution in [1.29, 1.82) is 0 Å². The maximum atomic E-state index is 12.9. The first-order valence-corrected chi connectivity index (χ1v) is 14.4. The molecule has 1 fully saturated rings. The Balaban J connectivity index is 1.42. The van der Waals surface area contributed by atoms with Gasteiger partial charge < -0.3 is 43.9 Å². The number of fused-ring (bicyclic) bond motifs is 1. The van der Waals surface area contributed by atoms with Crippen LogP contribution in [0.15, 0.2) is 62.2 Å². The van der Waals surface area contributed by atoms with Crippen molar-refractivity contribution in [3.8, 4) is 11.5 Å². The fourth-order valence-electron chi connectivity index (χ4n) is 5.14. The largest absolute Gasteiger partial charge is 0.505 e. The van der Waals surface area contributed by atoms with Gasteiger partial charge in [0.1, 0.15) is 23.1 Å². The van der Waals surface area contributed by atoms with Crippen molar-refractivity contribution in [2.75, 3.05) is 12.4 Å². The quantitative estimate of drug-likeness (QED) is 0.161. The number of aliphatic hydroxyl groups is 1. The number of carbonyl (C=O) groups excluding carboxylic acids is 2. The monoisotopic (exact) mass is 670 g/mol. The summed E-state index contributed by atoms with van der Waals surface area (Å²) in [6.45, 7) is 6.79. The molecule has 4 N–H and O–H groups in total. The Labute approximate surface area is 260 Å². The number of anilines is 1. The summed E-state index contributed by atoms with van der Waals surface area (Å²) < 4.78 is 29.6. The maximum Gasteiger partial charge on any atom is 0.364 e. The molecule has 12 nitrogen and oxygen atoms in total. The van der Waals surface area contributed by atoms with E-state index in [-0.39, 0.29) is 28.0 Å². The third kappa shape index (κ3) is 5.95. The van der Waals surface area contributed by atoms with E-state index in [1.807, 2.05) is 0 Å². The van der Waals surface area contributed by atoms with Crippen molar-refractivity contribution in [3.05, 3.63) is 85.9 Å². The number of aromatic hydroxyl groups is 1. The van der Waals surface area contributed by atoms with Gasteiger partial charge in [-0.1, -0.05) is 15.9 Å². The highest BCUT2D eigenvalue weighted by molar-refractivity contribution is 9.10. The van der Waals surface area contributed by atoms with Gasteiger partial charge in [-0.3, -0.25) is 4.79 Å². The van der Waals surface area contributed by atoms with Gasteiger partial charge >= 0.3 is 11.6 Å². The van der Waals surface area contributed by atoms with E-state index in [2.05, 4.69) is 26.2 Å². The number of amides is 1. The number of nitrogens with one attached hydrogen (secondary N) is 2. The average Bonchev–Trinajstić information content (AvgIpc) is 3.41. The summed E-state index contributed by atoms with van der Waals surface area (Å²) in [5, 5.41) is 24.8. The molecule has 5 rings (SSSR count). The predicted octanol–water partition coefficient (Wildman–Crippen LogP) is 4.57. The molecule has 0 radical (unpaired) electrons. The summed E-state index contributed by atoms with van der Waals surface area (Å²) in [7, 11) is 1.42. The molecule has 2 aromatic carbocycles. The van der Waals surface area contributed by atoms with Crippen LogP contribution in [0.2, 0.25) is 0 Å². The van der Waals surface area contributed by atoms with Crippen LogP contribution in [0.4, 0.5) is 5.69 Å². The van der Waals surface area contributed by atoms with Gasteiger partial charge in [-0.15, -0.1) is 0 Å². The fraction of sp³-hybridized carbons (Fsp3) is 0.323. The first kappa shape index (κ1) is 31.3. The van der Waals surface area contributed by atoms with Gasteiger partial charge in [0.15, 0.2) is 23.6 Å². The van der Waals surface area contributed by atoms with Crippen molar-refractivity contribution < 1.29 is 43.2 Å². The highest BCUT2D eigenvalue weighted by atomic mass is 79.9. The molecule has 3 heterocycles. The zero-order chi connectivity index (χ0) is 31.9. The van der Waals surface area contributed by atoms with E-state index in [9.17, 15) is 24.6 Å². The number of methoxy groups -OCH3 is 1. The third-order valence-electron chi connectivity index (χ3n) is 7.40. The van der Waals surface area contributed by atoms with E-state index in [1.54, 1.807) is 64.1 Å². The summed E-state index contributed by atoms with van der Waals surface area (Å²) in [6, 6.07) is 12.7. The number of esters is 1. The summed E-state index contributed by atoms with van der Waals surface area (Å²) in [6.07, 6.45) is -4.85. The van der Waals surface area contributed by atoms with Gasteiger partial charge in [0, 0.05) is 28.4 Å². The molecule has 4 aromatic rings. The van der Waals surface area contributed by atoms with E-state index in [0.29, 0.717) is 5.56 Å². The number of aromatic nitrogens is 1. The van der Waals surface area contributed by atoms with Crippen molar-refractivity contribution in [2.24, 2.45) is 0 Å². The minimum Gasteiger partial charge on any atom is -0.505 e. The van der Waals surface area contributed by atoms with Crippen molar-refractivity contribution in [2.45, 2.75) is 57.9 Å². The lowest BCUT2D eigenvalue weighted by Crippen LogP contribution is -2.65. The Morgan fingerprint density at radius 3 is 2.41 bits per heavy atom. The number of H-pyrrole nitrogens is 1. The SMILES string of the molecule is COC1C(OC(=O)c2ccc(C)[nH]2)C(O)C(Oc2ccc3c(O)c(NC(=O)c4ccc(Br)cc4)c(=O)oc3c2C)OC1(C)C. The standard InChI is InChI=1S/C31H31BrN2O10/c1-14-6-12-19(33-14)28(38)43-25-23(36)30(44-31(3,4)26(25)40-5)41-20-13-11-18-22(35)21(29(39)42-24(18)15(20)2)34-27(37)16-7-9-17(32)10-8-16/h6-13,23,25-26,30,33,35-36H,1-5H3,(H,34,37). The van der Waals surface area contributed by atoms with E-state index in [1.165, 1.54) is 19.2 Å². The van der Waals surface area contributed by atoms with Crippen LogP contribution in [-0.4, -0.2) is 64.4 Å². The van der Waals surface area contributed by atoms with E-state index < -0.39 is 59.1 Å². The second-order valence-electron chi connectivity index (χ2n) is 10.9. The van der Waals surface area contributed by atoms with Gasteiger partial charge in [-0.25, -0.2) is 9.59 Å². The topological polar surface area (TPSA) is 170 Å². The number of ether oxygens (including phenoxy) is 4. The normalized spacial score (nSPS) is 21.2. The molecule has 0 saturated carbocycles. The van der Waals surface area contributed by atoms with Crippen LogP contribution in [0, 0.1) is 13.8 Å². The lowest BCUT2D eigenvalue weighted by atomic mass is 9.89. The molecule has 232 valence electrons. The number of hydrogen-bond donors (Lipinski definition) is 4. The number of benzene rings is 2. The number of halogens is 1. The van der Waals surface area contributed by atoms with E-state index in [4.69, 9.17) is 23.4 Å². The Morgan fingerprint density at radius 2 is 1.77 bits per heavy atom. The maximum absolute atomic E-state index is 12.9. The fourth-order valence-corrected chi connectivity index (χ4v) is 5.40. The molecular weight excluding hydrogens is 640 g/mol. The molecule has 4 atom stereocenters. The Hall–Kier alpha value is -4.17. The smallest absolute Gasteiger partial charge is 0.364 e. The molecule has 1 saturated heterocycles. The molecule has 0 bridgehead atoms. The van der Waals surface area contributed by atoms with Gasteiger partial charge in [0.25, 0.3) is 5.91 Å². The molecule has 1 aliphatic rings. The highest BCUT2D eigenvalue weighted by Crippen LogP contribution is 2.38. The van der Waals surface area contributed by atoms with E-state index >= 15 is 0 Å². The average molecular weight is 671 g/mol. The summed E-state index contributed by atoms with van der Waals surface area (Å²) in [5.41, 5.74) is -0.938. The molecule has 2 aromatic heterocycles. The Bertz CT molecular complexity index is 1780. The van der Waals surface area contributed by atoms with Crippen molar-refractivity contribution in [3.63, 3.8) is 0 Å². The van der Waals surface area contributed by atoms with Crippen LogP contribution in [0.3, 0.4) is 0 Å². The molecular formula is C31H31BrN2O10. The summed E-state index contributed by atoms with van der Waals surface area (Å²) in [5.74, 6) is -1.63. The third-order valence-corrected chi connectivity index (χ3v) is 7.93. The highest BCUT2D eigenvalue weighted by Gasteiger charge is 2.53. The lowest BCUT2D eigenvalue weighted by molar-refractivity contribution is -0.305. The number of hydrogen-bond acceptors (Lipinski definition) is 10. The predicted molar refractivity (Wildman–Crippen MR) is 162 cm³/mol. The second-order valence-corrected chi connectivity index (χ2v) is 11.8. The number of aliphatic hydroxyl groups excluding tert-OH is 1. The van der Waals surface area contributed by atoms with Crippen molar-refractivity contribution >= 4 is 44.5 Å². The minimum absolute atomic E-state index is 0.00365. The first-order valence-electron chi connectivity index (χ1n) is 13.6. The number of rotatable bonds is 7. The van der Waals surface area contributed by atoms with E-state index in [0.717, 1.165) is 10.2 Å². The molecule has 13 heteroatoms. The van der Waals surface area contributed by atoms with Crippen LogP contribution >= 0.6 is 15.9 Å². The molecule has 0 aliphatic carbocycles. The molecule has 44 heavy (non-hydrogen) atoms. The van der Waals surface area contributed by atoms with Gasteiger partial charge in [0.2, 0.25) is 6.29 Å². The van der Waals surface area contributed by atoms with Gasteiger partial charge in [0.05, 0.1) is 11.0 Å². The summed E-state index contributed by atoms with van der Waals surface area (Å²) >= 11 is 3.30. The first-order chi connectivity index (χ1) is 20.8. The Morgan fingerprint density at radius 1 is 1.07 bits per heavy atom. The number of carbonyl (C=O) groups is 2. The molecule has 1 amide bonds. The number of aryl methyl sites for hydroxylation is 2. The Kier molecular flexibility index (Phi) is 8.58. The second kappa shape index (κ2) is 12.1. The van der Waals surface area contributed by atoms with Crippen LogP contribution in [0.5, 0.6) is 11.5 Å². The van der Waals surface area contributed by atoms with Gasteiger partial charge in [-0.2, -0.15) is 0 Å². The molecule has 1 aliphatic heterocycles. The number of aromatic amines is 1.